The van der Waals surface area contributed by atoms with E-state index in [9.17, 15) is 4.79 Å². The molecule has 1 aliphatic rings. The van der Waals surface area contributed by atoms with Gasteiger partial charge in [0.05, 0.1) is 17.1 Å². The fraction of sp³-hybridized carbons (Fsp3) is 0.368. The van der Waals surface area contributed by atoms with Gasteiger partial charge in [-0.15, -0.1) is 0 Å². The Labute approximate surface area is 151 Å². The van der Waals surface area contributed by atoms with Gasteiger partial charge >= 0.3 is 5.69 Å². The number of rotatable bonds is 3. The van der Waals surface area contributed by atoms with Crippen molar-refractivity contribution in [2.45, 2.75) is 32.6 Å². The van der Waals surface area contributed by atoms with E-state index in [0.717, 1.165) is 54.6 Å². The topological polar surface area (TPSA) is 79.7 Å². The summed E-state index contributed by atoms with van der Waals surface area (Å²) in [6.07, 6.45) is 3.81. The van der Waals surface area contributed by atoms with Crippen LogP contribution in [-0.4, -0.2) is 37.8 Å². The summed E-state index contributed by atoms with van der Waals surface area (Å²) in [6.45, 7) is 5.66. The van der Waals surface area contributed by atoms with Crippen LogP contribution in [-0.2, 0) is 0 Å². The minimum atomic E-state index is -0.199. The number of anilines is 1. The number of H-pyrrole nitrogens is 1. The molecule has 1 aliphatic heterocycles. The van der Waals surface area contributed by atoms with E-state index < -0.39 is 0 Å². The van der Waals surface area contributed by atoms with Gasteiger partial charge in [-0.25, -0.2) is 19.4 Å². The molecule has 0 saturated carbocycles. The second-order valence-corrected chi connectivity index (χ2v) is 6.76. The predicted octanol–water partition coefficient (Wildman–Crippen LogP) is 2.35. The summed E-state index contributed by atoms with van der Waals surface area (Å²) in [4.78, 5) is 23.7. The second-order valence-electron chi connectivity index (χ2n) is 6.76. The van der Waals surface area contributed by atoms with Gasteiger partial charge in [-0.2, -0.15) is 5.10 Å². The maximum atomic E-state index is 12.3. The lowest BCUT2D eigenvalue weighted by Gasteiger charge is -2.33. The van der Waals surface area contributed by atoms with Gasteiger partial charge < -0.3 is 4.90 Å². The number of nitrogens with zero attached hydrogens (tertiary/aromatic N) is 5. The Morgan fingerprint density at radius 2 is 2.00 bits per heavy atom. The summed E-state index contributed by atoms with van der Waals surface area (Å²) in [5.74, 6) is 1.87. The van der Waals surface area contributed by atoms with Crippen LogP contribution >= 0.6 is 0 Å². The van der Waals surface area contributed by atoms with Gasteiger partial charge in [-0.1, -0.05) is 18.2 Å². The van der Waals surface area contributed by atoms with Crippen molar-refractivity contribution >= 4 is 5.82 Å². The molecule has 1 aromatic carbocycles. The Hall–Kier alpha value is -2.96. The Bertz CT molecular complexity index is 962. The summed E-state index contributed by atoms with van der Waals surface area (Å²) >= 11 is 0. The molecule has 0 aliphatic carbocycles. The van der Waals surface area contributed by atoms with Crippen molar-refractivity contribution in [3.8, 4) is 5.69 Å². The molecule has 7 nitrogen and oxygen atoms in total. The monoisotopic (exact) mass is 350 g/mol. The highest BCUT2D eigenvalue weighted by molar-refractivity contribution is 5.44. The molecule has 0 amide bonds. The zero-order chi connectivity index (χ0) is 18.1. The van der Waals surface area contributed by atoms with Crippen molar-refractivity contribution in [3.63, 3.8) is 0 Å². The van der Waals surface area contributed by atoms with Gasteiger partial charge in [0.15, 0.2) is 0 Å². The number of aryl methyl sites for hydroxylation is 2. The van der Waals surface area contributed by atoms with E-state index in [1.807, 2.05) is 44.2 Å². The average molecular weight is 350 g/mol. The van der Waals surface area contributed by atoms with Crippen LogP contribution < -0.4 is 10.6 Å². The van der Waals surface area contributed by atoms with Gasteiger partial charge in [-0.05, 0) is 38.8 Å². The van der Waals surface area contributed by atoms with E-state index in [0.29, 0.717) is 0 Å². The lowest BCUT2D eigenvalue weighted by molar-refractivity contribution is 0.481. The van der Waals surface area contributed by atoms with Crippen LogP contribution in [0.3, 0.4) is 0 Å². The quantitative estimate of drug-likeness (QED) is 0.784. The highest BCUT2D eigenvalue weighted by Gasteiger charge is 2.28. The molecule has 1 fully saturated rings. The first-order chi connectivity index (χ1) is 12.6. The van der Waals surface area contributed by atoms with E-state index in [1.165, 1.54) is 0 Å². The van der Waals surface area contributed by atoms with Crippen molar-refractivity contribution in [2.24, 2.45) is 0 Å². The van der Waals surface area contributed by atoms with Crippen molar-refractivity contribution in [1.29, 1.82) is 0 Å². The smallest absolute Gasteiger partial charge is 0.347 e. The van der Waals surface area contributed by atoms with Gasteiger partial charge in [-0.3, -0.25) is 4.98 Å². The number of benzene rings is 1. The SMILES string of the molecule is Cc1cnc(C)c(N2CCC[C@H](c3n[nH]c(=O)n3-c3ccccc3)C2)n1. The van der Waals surface area contributed by atoms with Crippen LogP contribution in [0.15, 0.2) is 41.3 Å². The molecule has 134 valence electrons. The lowest BCUT2D eigenvalue weighted by Crippen LogP contribution is -2.37. The molecule has 0 bridgehead atoms. The Morgan fingerprint density at radius 3 is 2.81 bits per heavy atom. The molecule has 3 heterocycles. The molecule has 0 radical (unpaired) electrons. The molecule has 2 aromatic heterocycles. The molecule has 1 atom stereocenters. The standard InChI is InChI=1S/C19H22N6O/c1-13-11-20-14(2)17(21-13)24-10-6-7-15(12-24)18-22-23-19(26)25(18)16-8-4-3-5-9-16/h3-5,8-9,11,15H,6-7,10,12H2,1-2H3,(H,23,26)/t15-/m0/s1. The first-order valence-electron chi connectivity index (χ1n) is 8.91. The molecular weight excluding hydrogens is 328 g/mol. The minimum absolute atomic E-state index is 0.157. The Balaban J connectivity index is 1.68. The van der Waals surface area contributed by atoms with Crippen LogP contribution in [0.4, 0.5) is 5.82 Å². The number of para-hydroxylation sites is 1. The zero-order valence-corrected chi connectivity index (χ0v) is 15.0. The van der Waals surface area contributed by atoms with Crippen LogP contribution in [0.1, 0.15) is 36.0 Å². The fourth-order valence-corrected chi connectivity index (χ4v) is 3.61. The van der Waals surface area contributed by atoms with Crippen LogP contribution in [0, 0.1) is 13.8 Å². The third-order valence-electron chi connectivity index (χ3n) is 4.85. The average Bonchev–Trinajstić information content (AvgIpc) is 3.06. The second kappa shape index (κ2) is 6.74. The van der Waals surface area contributed by atoms with Crippen LogP contribution in [0.25, 0.3) is 5.69 Å². The molecule has 1 N–H and O–H groups in total. The number of hydrogen-bond donors (Lipinski definition) is 1. The molecule has 7 heteroatoms. The molecule has 0 spiro atoms. The van der Waals surface area contributed by atoms with E-state index in [2.05, 4.69) is 25.1 Å². The van der Waals surface area contributed by atoms with Gasteiger partial charge in [0.1, 0.15) is 11.6 Å². The number of aromatic amines is 1. The fourth-order valence-electron chi connectivity index (χ4n) is 3.61. The number of nitrogens with one attached hydrogen (secondary N) is 1. The highest BCUT2D eigenvalue weighted by Crippen LogP contribution is 2.29. The molecular formula is C19H22N6O. The predicted molar refractivity (Wildman–Crippen MR) is 99.9 cm³/mol. The number of piperidine rings is 1. The first kappa shape index (κ1) is 16.5. The van der Waals surface area contributed by atoms with Crippen LogP contribution in [0.2, 0.25) is 0 Å². The maximum Gasteiger partial charge on any atom is 0.347 e. The molecule has 4 rings (SSSR count). The molecule has 26 heavy (non-hydrogen) atoms. The van der Waals surface area contributed by atoms with Crippen LogP contribution in [0.5, 0.6) is 0 Å². The molecule has 1 saturated heterocycles. The summed E-state index contributed by atoms with van der Waals surface area (Å²) in [5.41, 5.74) is 2.48. The summed E-state index contributed by atoms with van der Waals surface area (Å²) in [6, 6.07) is 9.65. The van der Waals surface area contributed by atoms with Crippen molar-refractivity contribution in [3.05, 3.63) is 64.2 Å². The summed E-state index contributed by atoms with van der Waals surface area (Å²) in [5, 5.41) is 6.97. The van der Waals surface area contributed by atoms with E-state index in [1.54, 1.807) is 10.8 Å². The highest BCUT2D eigenvalue weighted by atomic mass is 16.1. The Kier molecular flexibility index (Phi) is 4.28. The van der Waals surface area contributed by atoms with Crippen molar-refractivity contribution in [1.82, 2.24) is 24.7 Å². The van der Waals surface area contributed by atoms with E-state index >= 15 is 0 Å². The first-order valence-corrected chi connectivity index (χ1v) is 8.91. The maximum absolute atomic E-state index is 12.3. The third-order valence-corrected chi connectivity index (χ3v) is 4.85. The third kappa shape index (κ3) is 3.00. The number of hydrogen-bond acceptors (Lipinski definition) is 5. The summed E-state index contributed by atoms with van der Waals surface area (Å²) < 4.78 is 1.68. The zero-order valence-electron chi connectivity index (χ0n) is 15.0. The largest absolute Gasteiger partial charge is 0.354 e. The van der Waals surface area contributed by atoms with E-state index in [-0.39, 0.29) is 11.6 Å². The van der Waals surface area contributed by atoms with Gasteiger partial charge in [0.25, 0.3) is 0 Å². The van der Waals surface area contributed by atoms with Gasteiger partial charge in [0.2, 0.25) is 0 Å². The van der Waals surface area contributed by atoms with Gasteiger partial charge in [0, 0.05) is 25.2 Å². The number of aromatic nitrogens is 5. The lowest BCUT2D eigenvalue weighted by atomic mass is 9.97. The Morgan fingerprint density at radius 1 is 1.19 bits per heavy atom. The molecule has 3 aromatic rings. The minimum Gasteiger partial charge on any atom is -0.354 e. The summed E-state index contributed by atoms with van der Waals surface area (Å²) in [7, 11) is 0. The molecule has 0 unspecified atom stereocenters. The normalized spacial score (nSPS) is 17.5. The van der Waals surface area contributed by atoms with Crippen molar-refractivity contribution in [2.75, 3.05) is 18.0 Å². The van der Waals surface area contributed by atoms with Crippen molar-refractivity contribution < 1.29 is 0 Å². The van der Waals surface area contributed by atoms with E-state index in [4.69, 9.17) is 0 Å².